The zero-order valence-electron chi connectivity index (χ0n) is 12.4. The van der Waals surface area contributed by atoms with Crippen molar-refractivity contribution in [2.45, 2.75) is 64.0 Å². The van der Waals surface area contributed by atoms with Gasteiger partial charge in [-0.1, -0.05) is 12.8 Å². The lowest BCUT2D eigenvalue weighted by Crippen LogP contribution is -2.54. The molecule has 1 heterocycles. The van der Waals surface area contributed by atoms with Gasteiger partial charge in [-0.25, -0.2) is 0 Å². The highest BCUT2D eigenvalue weighted by atomic mass is 16.5. The monoisotopic (exact) mass is 268 g/mol. The normalized spacial score (nSPS) is 35.3. The first kappa shape index (κ1) is 14.8. The van der Waals surface area contributed by atoms with Crippen molar-refractivity contribution in [2.24, 2.45) is 11.7 Å². The van der Waals surface area contributed by atoms with Crippen LogP contribution in [0.4, 0.5) is 0 Å². The summed E-state index contributed by atoms with van der Waals surface area (Å²) in [5.41, 5.74) is 5.31. The van der Waals surface area contributed by atoms with Crippen LogP contribution in [0, 0.1) is 5.92 Å². The van der Waals surface area contributed by atoms with Crippen molar-refractivity contribution in [3.05, 3.63) is 0 Å². The Labute approximate surface area is 116 Å². The molecule has 1 saturated carbocycles. The van der Waals surface area contributed by atoms with Crippen LogP contribution in [0.15, 0.2) is 0 Å². The molecular weight excluding hydrogens is 240 g/mol. The molecule has 1 saturated heterocycles. The minimum Gasteiger partial charge on any atom is -0.365 e. The van der Waals surface area contributed by atoms with Crippen molar-refractivity contribution in [3.63, 3.8) is 0 Å². The third-order valence-electron chi connectivity index (χ3n) is 4.84. The number of amides is 1. The topological polar surface area (TPSA) is 55.6 Å². The summed E-state index contributed by atoms with van der Waals surface area (Å²) in [5, 5.41) is 0. The summed E-state index contributed by atoms with van der Waals surface area (Å²) >= 11 is 0. The first-order valence-electron chi connectivity index (χ1n) is 7.77. The van der Waals surface area contributed by atoms with Crippen molar-refractivity contribution in [1.82, 2.24) is 4.90 Å². The summed E-state index contributed by atoms with van der Waals surface area (Å²) in [6.45, 7) is 6.18. The van der Waals surface area contributed by atoms with E-state index in [2.05, 4.69) is 6.92 Å². The molecule has 1 aliphatic heterocycles. The molecule has 2 N–H and O–H groups in total. The van der Waals surface area contributed by atoms with Crippen LogP contribution < -0.4 is 5.73 Å². The largest absolute Gasteiger partial charge is 0.365 e. The van der Waals surface area contributed by atoms with Crippen molar-refractivity contribution >= 4 is 5.91 Å². The van der Waals surface area contributed by atoms with E-state index in [9.17, 15) is 4.79 Å². The maximum Gasteiger partial charge on any atom is 0.254 e. The average Bonchev–Trinajstić information content (AvgIpc) is 2.88. The summed E-state index contributed by atoms with van der Waals surface area (Å²) in [4.78, 5) is 14.9. The predicted molar refractivity (Wildman–Crippen MR) is 75.8 cm³/mol. The number of ether oxygens (including phenoxy) is 1. The number of hydrogen-bond acceptors (Lipinski definition) is 3. The Balaban J connectivity index is 2.11. The van der Waals surface area contributed by atoms with Gasteiger partial charge in [-0.05, 0) is 52.0 Å². The van der Waals surface area contributed by atoms with Gasteiger partial charge in [-0.15, -0.1) is 0 Å². The summed E-state index contributed by atoms with van der Waals surface area (Å²) in [7, 11) is 0. The van der Waals surface area contributed by atoms with Gasteiger partial charge in [0.2, 0.25) is 0 Å². The van der Waals surface area contributed by atoms with E-state index in [-0.39, 0.29) is 5.91 Å². The summed E-state index contributed by atoms with van der Waals surface area (Å²) < 4.78 is 5.72. The number of nitrogens with two attached hydrogens (primary N) is 1. The highest BCUT2D eigenvalue weighted by Crippen LogP contribution is 2.33. The van der Waals surface area contributed by atoms with E-state index in [1.807, 2.05) is 11.8 Å². The van der Waals surface area contributed by atoms with E-state index in [1.54, 1.807) is 0 Å². The van der Waals surface area contributed by atoms with Crippen LogP contribution in [0.1, 0.15) is 52.4 Å². The molecule has 0 spiro atoms. The Morgan fingerprint density at radius 3 is 2.68 bits per heavy atom. The van der Waals surface area contributed by atoms with Crippen molar-refractivity contribution in [1.29, 1.82) is 0 Å². The van der Waals surface area contributed by atoms with E-state index in [0.29, 0.717) is 25.1 Å². The van der Waals surface area contributed by atoms with Crippen molar-refractivity contribution in [2.75, 3.05) is 19.7 Å². The van der Waals surface area contributed by atoms with Gasteiger partial charge >= 0.3 is 0 Å². The molecule has 4 heteroatoms. The molecule has 2 fully saturated rings. The maximum absolute atomic E-state index is 12.8. The van der Waals surface area contributed by atoms with E-state index >= 15 is 0 Å². The second kappa shape index (κ2) is 6.23. The van der Waals surface area contributed by atoms with Crippen LogP contribution in [-0.4, -0.2) is 42.1 Å². The van der Waals surface area contributed by atoms with Gasteiger partial charge in [0, 0.05) is 19.2 Å². The summed E-state index contributed by atoms with van der Waals surface area (Å²) in [6, 6.07) is 0.317. The molecule has 2 rings (SSSR count). The van der Waals surface area contributed by atoms with E-state index in [0.717, 1.165) is 32.2 Å². The Morgan fingerprint density at radius 2 is 2.11 bits per heavy atom. The van der Waals surface area contributed by atoms with E-state index in [1.165, 1.54) is 12.8 Å². The Bertz CT molecular complexity index is 313. The second-order valence-electron chi connectivity index (χ2n) is 6.12. The van der Waals surface area contributed by atoms with Gasteiger partial charge in [0.15, 0.2) is 0 Å². The lowest BCUT2D eigenvalue weighted by molar-refractivity contribution is -0.155. The molecule has 1 amide bonds. The van der Waals surface area contributed by atoms with Gasteiger partial charge in [-0.2, -0.15) is 0 Å². The van der Waals surface area contributed by atoms with Crippen LogP contribution in [0.2, 0.25) is 0 Å². The zero-order chi connectivity index (χ0) is 13.9. The second-order valence-corrected chi connectivity index (χ2v) is 6.12. The molecular formula is C15H28N2O2. The lowest BCUT2D eigenvalue weighted by Gasteiger charge is -2.42. The molecule has 0 bridgehead atoms. The van der Waals surface area contributed by atoms with Crippen LogP contribution >= 0.6 is 0 Å². The molecule has 0 aromatic carbocycles. The lowest BCUT2D eigenvalue weighted by atomic mass is 9.82. The van der Waals surface area contributed by atoms with Gasteiger partial charge in [0.1, 0.15) is 5.60 Å². The van der Waals surface area contributed by atoms with Gasteiger partial charge < -0.3 is 15.4 Å². The van der Waals surface area contributed by atoms with Gasteiger partial charge in [0.25, 0.3) is 5.91 Å². The number of rotatable bonds is 4. The Hall–Kier alpha value is -0.610. The fraction of sp³-hybridized carbons (Fsp3) is 0.933. The smallest absolute Gasteiger partial charge is 0.254 e. The van der Waals surface area contributed by atoms with Crippen molar-refractivity contribution < 1.29 is 9.53 Å². The third kappa shape index (κ3) is 2.95. The standard InChI is InChI=1S/C15H28N2O2/c1-3-17(13-8-5-4-7-12(13)11-16)14(18)15(2)9-6-10-19-15/h12-13H,3-11,16H2,1-2H3. The first-order chi connectivity index (χ1) is 9.12. The first-order valence-corrected chi connectivity index (χ1v) is 7.77. The number of carbonyl (C=O) groups is 1. The molecule has 3 unspecified atom stereocenters. The molecule has 3 atom stereocenters. The van der Waals surface area contributed by atoms with Crippen LogP contribution in [-0.2, 0) is 9.53 Å². The fourth-order valence-corrected chi connectivity index (χ4v) is 3.65. The van der Waals surface area contributed by atoms with Crippen LogP contribution in [0.3, 0.4) is 0 Å². The molecule has 0 aromatic heterocycles. The minimum atomic E-state index is -0.591. The Kier molecular flexibility index (Phi) is 4.85. The van der Waals surface area contributed by atoms with E-state index in [4.69, 9.17) is 10.5 Å². The number of nitrogens with zero attached hydrogens (tertiary/aromatic N) is 1. The quantitative estimate of drug-likeness (QED) is 0.847. The number of likely N-dealkylation sites (N-methyl/N-ethyl adjacent to an activating group) is 1. The van der Waals surface area contributed by atoms with Gasteiger partial charge in [-0.3, -0.25) is 4.79 Å². The number of hydrogen-bond donors (Lipinski definition) is 1. The molecule has 4 nitrogen and oxygen atoms in total. The Morgan fingerprint density at radius 1 is 1.37 bits per heavy atom. The minimum absolute atomic E-state index is 0.179. The summed E-state index contributed by atoms with van der Waals surface area (Å²) in [6.07, 6.45) is 6.55. The summed E-state index contributed by atoms with van der Waals surface area (Å²) in [5.74, 6) is 0.639. The molecule has 1 aliphatic carbocycles. The average molecular weight is 268 g/mol. The highest BCUT2D eigenvalue weighted by Gasteiger charge is 2.43. The van der Waals surface area contributed by atoms with Gasteiger partial charge in [0.05, 0.1) is 0 Å². The van der Waals surface area contributed by atoms with Crippen LogP contribution in [0.25, 0.3) is 0 Å². The highest BCUT2D eigenvalue weighted by molar-refractivity contribution is 5.85. The van der Waals surface area contributed by atoms with E-state index < -0.39 is 5.60 Å². The number of carbonyl (C=O) groups excluding carboxylic acids is 1. The molecule has 2 aliphatic rings. The van der Waals surface area contributed by atoms with Crippen LogP contribution in [0.5, 0.6) is 0 Å². The maximum atomic E-state index is 12.8. The van der Waals surface area contributed by atoms with Crippen molar-refractivity contribution in [3.8, 4) is 0 Å². The molecule has 110 valence electrons. The molecule has 0 radical (unpaired) electrons. The molecule has 0 aromatic rings. The molecule has 19 heavy (non-hydrogen) atoms. The SMILES string of the molecule is CCN(C(=O)C1(C)CCCO1)C1CCCCC1CN. The third-order valence-corrected chi connectivity index (χ3v) is 4.84. The fourth-order valence-electron chi connectivity index (χ4n) is 3.65. The zero-order valence-corrected chi connectivity index (χ0v) is 12.4. The predicted octanol–water partition coefficient (Wildman–Crippen LogP) is 1.92.